The fourth-order valence-electron chi connectivity index (χ4n) is 6.60. The lowest BCUT2D eigenvalue weighted by Gasteiger charge is -2.48. The van der Waals surface area contributed by atoms with Crippen LogP contribution in [0, 0.1) is 47.3 Å². The maximum Gasteiger partial charge on any atom is 0.332 e. The molecular formula is C16H16O4. The van der Waals surface area contributed by atoms with Crippen LogP contribution in [0.3, 0.4) is 0 Å². The molecule has 8 unspecified atom stereocenters. The van der Waals surface area contributed by atoms with Gasteiger partial charge in [0.25, 0.3) is 0 Å². The number of allylic oxidation sites excluding steroid dienone is 2. The molecule has 3 fully saturated rings. The molecule has 0 aliphatic heterocycles. The second kappa shape index (κ2) is 3.18. The molecule has 0 saturated heterocycles. The Hall–Kier alpha value is -1.58. The van der Waals surface area contributed by atoms with E-state index >= 15 is 0 Å². The molecule has 0 aromatic heterocycles. The van der Waals surface area contributed by atoms with Crippen molar-refractivity contribution in [3.8, 4) is 0 Å². The summed E-state index contributed by atoms with van der Waals surface area (Å²) in [6.07, 6.45) is 6.91. The summed E-state index contributed by atoms with van der Waals surface area (Å²) in [6.45, 7) is 0. The zero-order chi connectivity index (χ0) is 13.8. The van der Waals surface area contributed by atoms with Crippen molar-refractivity contribution in [2.45, 2.75) is 12.8 Å². The van der Waals surface area contributed by atoms with E-state index in [1.807, 2.05) is 0 Å². The first kappa shape index (κ1) is 11.1. The van der Waals surface area contributed by atoms with Crippen LogP contribution in [0.25, 0.3) is 0 Å². The molecule has 5 rings (SSSR count). The highest BCUT2D eigenvalue weighted by Crippen LogP contribution is 2.73. The number of hydrogen-bond acceptors (Lipinski definition) is 2. The quantitative estimate of drug-likeness (QED) is 0.593. The van der Waals surface area contributed by atoms with E-state index in [0.29, 0.717) is 35.5 Å². The fraction of sp³-hybridized carbons (Fsp3) is 0.625. The Morgan fingerprint density at radius 1 is 0.850 bits per heavy atom. The summed E-state index contributed by atoms with van der Waals surface area (Å²) in [7, 11) is 0. The predicted molar refractivity (Wildman–Crippen MR) is 68.6 cm³/mol. The summed E-state index contributed by atoms with van der Waals surface area (Å²) in [5.74, 6) is 1.39. The second-order valence-corrected chi connectivity index (χ2v) is 7.16. The van der Waals surface area contributed by atoms with Gasteiger partial charge in [-0.2, -0.15) is 0 Å². The van der Waals surface area contributed by atoms with Gasteiger partial charge in [0.2, 0.25) is 0 Å². The van der Waals surface area contributed by atoms with Gasteiger partial charge in [-0.1, -0.05) is 12.2 Å². The van der Waals surface area contributed by atoms with Crippen LogP contribution in [-0.2, 0) is 9.59 Å². The molecule has 0 heterocycles. The molecule has 20 heavy (non-hydrogen) atoms. The predicted octanol–water partition coefficient (Wildman–Crippen LogP) is 1.79. The van der Waals surface area contributed by atoms with Crippen molar-refractivity contribution in [2.75, 3.05) is 0 Å². The molecule has 0 radical (unpaired) electrons. The Bertz CT molecular complexity index is 566. The Balaban J connectivity index is 1.61. The Morgan fingerprint density at radius 2 is 1.30 bits per heavy atom. The molecule has 4 heteroatoms. The van der Waals surface area contributed by atoms with Gasteiger partial charge in [0.1, 0.15) is 0 Å². The van der Waals surface area contributed by atoms with Crippen LogP contribution in [0.2, 0.25) is 0 Å². The van der Waals surface area contributed by atoms with Crippen molar-refractivity contribution in [3.05, 3.63) is 23.3 Å². The van der Waals surface area contributed by atoms with Crippen molar-refractivity contribution in [1.82, 2.24) is 0 Å². The van der Waals surface area contributed by atoms with Gasteiger partial charge >= 0.3 is 11.9 Å². The third-order valence-electron chi connectivity index (χ3n) is 6.84. The van der Waals surface area contributed by atoms with Crippen LogP contribution in [-0.4, -0.2) is 22.2 Å². The minimum absolute atomic E-state index is 0.0256. The summed E-state index contributed by atoms with van der Waals surface area (Å²) in [4.78, 5) is 22.9. The normalized spacial score (nSPS) is 53.0. The summed E-state index contributed by atoms with van der Waals surface area (Å²) < 4.78 is 0. The molecule has 0 amide bonds. The van der Waals surface area contributed by atoms with E-state index in [1.165, 1.54) is 6.42 Å². The standard InChI is InChI=1S/C16H16O4/c17-15(18)13-11-7-4-8(12(11)14(13)16(19)20)10-6-2-1-5(3-6)9(7)10/h1-2,5-12H,3-4H2,(H,17,18)(H,19,20). The van der Waals surface area contributed by atoms with Gasteiger partial charge in [-0.15, -0.1) is 0 Å². The summed E-state index contributed by atoms with van der Waals surface area (Å²) in [6, 6.07) is 0. The zero-order valence-electron chi connectivity index (χ0n) is 10.9. The van der Waals surface area contributed by atoms with E-state index in [1.54, 1.807) is 0 Å². The minimum Gasteiger partial charge on any atom is -0.478 e. The van der Waals surface area contributed by atoms with Gasteiger partial charge in [-0.3, -0.25) is 0 Å². The van der Waals surface area contributed by atoms with Crippen molar-refractivity contribution in [2.24, 2.45) is 47.3 Å². The molecule has 5 aliphatic rings. The number of fused-ring (bicyclic) bond motifs is 12. The zero-order valence-corrected chi connectivity index (χ0v) is 10.9. The summed E-state index contributed by atoms with van der Waals surface area (Å²) in [5, 5.41) is 18.7. The number of carboxylic acid groups (broad SMARTS) is 2. The third-order valence-corrected chi connectivity index (χ3v) is 6.84. The lowest BCUT2D eigenvalue weighted by molar-refractivity contribution is -0.140. The van der Waals surface area contributed by atoms with Crippen LogP contribution in [0.4, 0.5) is 0 Å². The maximum atomic E-state index is 11.4. The molecule has 0 spiro atoms. The van der Waals surface area contributed by atoms with Gasteiger partial charge in [-0.25, -0.2) is 9.59 Å². The minimum atomic E-state index is -1.01. The molecule has 5 aliphatic carbocycles. The Labute approximate surface area is 116 Å². The first-order valence-electron chi connectivity index (χ1n) is 7.48. The van der Waals surface area contributed by atoms with Crippen LogP contribution < -0.4 is 0 Å². The lowest BCUT2D eigenvalue weighted by Crippen LogP contribution is -2.48. The van der Waals surface area contributed by atoms with Gasteiger partial charge in [0, 0.05) is 11.8 Å². The first-order valence-corrected chi connectivity index (χ1v) is 7.48. The van der Waals surface area contributed by atoms with E-state index in [-0.39, 0.29) is 23.0 Å². The van der Waals surface area contributed by atoms with Gasteiger partial charge in [-0.05, 0) is 48.3 Å². The van der Waals surface area contributed by atoms with Gasteiger partial charge in [0.15, 0.2) is 0 Å². The number of carboxylic acids is 2. The lowest BCUT2D eigenvalue weighted by atomic mass is 9.54. The van der Waals surface area contributed by atoms with E-state index in [2.05, 4.69) is 12.2 Å². The number of carbonyl (C=O) groups is 2. The number of hydrogen-bond donors (Lipinski definition) is 2. The van der Waals surface area contributed by atoms with Crippen LogP contribution in [0.15, 0.2) is 23.3 Å². The monoisotopic (exact) mass is 272 g/mol. The summed E-state index contributed by atoms with van der Waals surface area (Å²) >= 11 is 0. The molecule has 0 aromatic rings. The first-order chi connectivity index (χ1) is 9.59. The van der Waals surface area contributed by atoms with Crippen molar-refractivity contribution >= 4 is 11.9 Å². The average molecular weight is 272 g/mol. The molecule has 4 bridgehead atoms. The van der Waals surface area contributed by atoms with Gasteiger partial charge < -0.3 is 10.2 Å². The topological polar surface area (TPSA) is 74.6 Å². The number of rotatable bonds is 2. The van der Waals surface area contributed by atoms with E-state index < -0.39 is 11.9 Å². The molecule has 4 nitrogen and oxygen atoms in total. The molecule has 8 atom stereocenters. The second-order valence-electron chi connectivity index (χ2n) is 7.16. The van der Waals surface area contributed by atoms with E-state index in [9.17, 15) is 19.8 Å². The highest BCUT2D eigenvalue weighted by Gasteiger charge is 2.70. The molecular weight excluding hydrogens is 256 g/mol. The van der Waals surface area contributed by atoms with E-state index in [0.717, 1.165) is 6.42 Å². The Kier molecular flexibility index (Phi) is 1.77. The SMILES string of the molecule is O=C(O)C1=C(C(=O)O)C2C3CC(C12)C1C2C=CC(C2)C31. The van der Waals surface area contributed by atoms with Crippen molar-refractivity contribution in [3.63, 3.8) is 0 Å². The van der Waals surface area contributed by atoms with Crippen molar-refractivity contribution < 1.29 is 19.8 Å². The molecule has 0 aromatic carbocycles. The van der Waals surface area contributed by atoms with Crippen LogP contribution >= 0.6 is 0 Å². The van der Waals surface area contributed by atoms with Crippen LogP contribution in [0.1, 0.15) is 12.8 Å². The smallest absolute Gasteiger partial charge is 0.332 e. The summed E-state index contributed by atoms with van der Waals surface area (Å²) in [5.41, 5.74) is 0.445. The molecule has 3 saturated carbocycles. The molecule has 104 valence electrons. The highest BCUT2D eigenvalue weighted by molar-refractivity contribution is 6.03. The van der Waals surface area contributed by atoms with Gasteiger partial charge in [0.05, 0.1) is 11.1 Å². The fourth-order valence-corrected chi connectivity index (χ4v) is 6.60. The van der Waals surface area contributed by atoms with Crippen molar-refractivity contribution in [1.29, 1.82) is 0 Å². The highest BCUT2D eigenvalue weighted by atomic mass is 16.4. The van der Waals surface area contributed by atoms with E-state index in [4.69, 9.17) is 0 Å². The average Bonchev–Trinajstić information content (AvgIpc) is 3.02. The third kappa shape index (κ3) is 0.971. The molecule has 2 N–H and O–H groups in total. The largest absolute Gasteiger partial charge is 0.478 e. The maximum absolute atomic E-state index is 11.4. The number of aliphatic carboxylic acids is 2. The van der Waals surface area contributed by atoms with Crippen LogP contribution in [0.5, 0.6) is 0 Å². The Morgan fingerprint density at radius 3 is 1.70 bits per heavy atom.